The summed E-state index contributed by atoms with van der Waals surface area (Å²) >= 11 is 5.93. The van der Waals surface area contributed by atoms with Crippen LogP contribution >= 0.6 is 11.6 Å². The van der Waals surface area contributed by atoms with Gasteiger partial charge in [-0.3, -0.25) is 0 Å². The maximum absolute atomic E-state index is 8.80. The quantitative estimate of drug-likeness (QED) is 0.385. The highest BCUT2D eigenvalue weighted by molar-refractivity contribution is 6.31. The van der Waals surface area contributed by atoms with E-state index < -0.39 is 0 Å². The SMILES string of the molecule is CN1CCC(Oc2ccc(Cl)cc2C(N)=NO)CC1. The van der Waals surface area contributed by atoms with Crippen molar-refractivity contribution in [3.05, 3.63) is 28.8 Å². The third-order valence-corrected chi connectivity index (χ3v) is 3.52. The summed E-state index contributed by atoms with van der Waals surface area (Å²) in [6, 6.07) is 5.13. The predicted octanol–water partition coefficient (Wildman–Crippen LogP) is 1.91. The van der Waals surface area contributed by atoms with Crippen LogP contribution in [0.1, 0.15) is 18.4 Å². The van der Waals surface area contributed by atoms with E-state index in [0.29, 0.717) is 16.3 Å². The Morgan fingerprint density at radius 2 is 2.16 bits per heavy atom. The Labute approximate surface area is 117 Å². The largest absolute Gasteiger partial charge is 0.490 e. The van der Waals surface area contributed by atoms with E-state index in [1.807, 2.05) is 0 Å². The van der Waals surface area contributed by atoms with Gasteiger partial charge in [-0.2, -0.15) is 0 Å². The lowest BCUT2D eigenvalue weighted by Gasteiger charge is -2.29. The highest BCUT2D eigenvalue weighted by Crippen LogP contribution is 2.26. The fourth-order valence-corrected chi connectivity index (χ4v) is 2.31. The second-order valence-corrected chi connectivity index (χ2v) is 5.18. The normalized spacial score (nSPS) is 18.5. The van der Waals surface area contributed by atoms with Crippen LogP contribution in [-0.4, -0.2) is 42.2 Å². The number of amidine groups is 1. The Balaban J connectivity index is 2.15. The second-order valence-electron chi connectivity index (χ2n) is 4.75. The number of hydrogen-bond donors (Lipinski definition) is 2. The number of oxime groups is 1. The van der Waals surface area contributed by atoms with Crippen molar-refractivity contribution in [2.75, 3.05) is 20.1 Å². The van der Waals surface area contributed by atoms with Gasteiger partial charge in [-0.1, -0.05) is 16.8 Å². The molecule has 1 fully saturated rings. The summed E-state index contributed by atoms with van der Waals surface area (Å²) in [4.78, 5) is 2.27. The standard InChI is InChI=1S/C13H18ClN3O2/c1-17-6-4-10(5-7-17)19-12-3-2-9(14)8-11(12)13(15)16-18/h2-3,8,10,18H,4-7H2,1H3,(H2,15,16). The van der Waals surface area contributed by atoms with Crippen molar-refractivity contribution >= 4 is 17.4 Å². The van der Waals surface area contributed by atoms with Crippen LogP contribution in [0.4, 0.5) is 0 Å². The molecule has 0 radical (unpaired) electrons. The highest BCUT2D eigenvalue weighted by Gasteiger charge is 2.20. The molecule has 0 bridgehead atoms. The first-order valence-electron chi connectivity index (χ1n) is 6.23. The zero-order valence-electron chi connectivity index (χ0n) is 10.8. The van der Waals surface area contributed by atoms with E-state index in [4.69, 9.17) is 27.3 Å². The Morgan fingerprint density at radius 1 is 1.47 bits per heavy atom. The van der Waals surface area contributed by atoms with Crippen LogP contribution < -0.4 is 10.5 Å². The number of hydrogen-bond acceptors (Lipinski definition) is 4. The van der Waals surface area contributed by atoms with Crippen LogP contribution in [0.2, 0.25) is 5.02 Å². The first-order chi connectivity index (χ1) is 9.10. The molecule has 104 valence electrons. The summed E-state index contributed by atoms with van der Waals surface area (Å²) in [5, 5.41) is 12.3. The molecule has 1 aliphatic heterocycles. The lowest BCUT2D eigenvalue weighted by atomic mass is 10.1. The van der Waals surface area contributed by atoms with Gasteiger partial charge in [0.25, 0.3) is 0 Å². The van der Waals surface area contributed by atoms with Crippen LogP contribution in [-0.2, 0) is 0 Å². The molecule has 1 heterocycles. The van der Waals surface area contributed by atoms with E-state index in [9.17, 15) is 0 Å². The molecule has 0 aliphatic carbocycles. The Hall–Kier alpha value is -1.46. The van der Waals surface area contributed by atoms with Crippen molar-refractivity contribution in [1.29, 1.82) is 0 Å². The molecule has 1 aromatic carbocycles. The molecular weight excluding hydrogens is 266 g/mol. The zero-order chi connectivity index (χ0) is 13.8. The lowest BCUT2D eigenvalue weighted by Crippen LogP contribution is -2.36. The van der Waals surface area contributed by atoms with E-state index in [1.54, 1.807) is 18.2 Å². The summed E-state index contributed by atoms with van der Waals surface area (Å²) in [5.74, 6) is 0.611. The number of ether oxygens (including phenoxy) is 1. The average Bonchev–Trinajstić information content (AvgIpc) is 2.42. The van der Waals surface area contributed by atoms with Crippen LogP contribution in [0, 0.1) is 0 Å². The zero-order valence-corrected chi connectivity index (χ0v) is 11.6. The van der Waals surface area contributed by atoms with Gasteiger partial charge in [-0.25, -0.2) is 0 Å². The molecule has 0 atom stereocenters. The molecule has 0 saturated carbocycles. The average molecular weight is 284 g/mol. The molecule has 3 N–H and O–H groups in total. The molecule has 0 aromatic heterocycles. The van der Waals surface area contributed by atoms with Crippen molar-refractivity contribution in [1.82, 2.24) is 4.90 Å². The summed E-state index contributed by atoms with van der Waals surface area (Å²) in [6.07, 6.45) is 2.09. The van der Waals surface area contributed by atoms with Crippen molar-refractivity contribution in [3.8, 4) is 5.75 Å². The molecule has 19 heavy (non-hydrogen) atoms. The number of likely N-dealkylation sites (tertiary alicyclic amines) is 1. The molecule has 2 rings (SSSR count). The molecule has 0 unspecified atom stereocenters. The third-order valence-electron chi connectivity index (χ3n) is 3.28. The maximum atomic E-state index is 8.80. The first-order valence-corrected chi connectivity index (χ1v) is 6.60. The molecular formula is C13H18ClN3O2. The fourth-order valence-electron chi connectivity index (χ4n) is 2.14. The third kappa shape index (κ3) is 3.52. The second kappa shape index (κ2) is 6.12. The molecule has 6 heteroatoms. The molecule has 0 amide bonds. The van der Waals surface area contributed by atoms with E-state index in [-0.39, 0.29) is 11.9 Å². The van der Waals surface area contributed by atoms with Gasteiger partial charge in [-0.15, -0.1) is 0 Å². The number of halogens is 1. The van der Waals surface area contributed by atoms with Gasteiger partial charge in [0.2, 0.25) is 0 Å². The monoisotopic (exact) mass is 283 g/mol. The summed E-state index contributed by atoms with van der Waals surface area (Å²) < 4.78 is 5.96. The van der Waals surface area contributed by atoms with E-state index in [0.717, 1.165) is 25.9 Å². The number of nitrogens with two attached hydrogens (primary N) is 1. The Morgan fingerprint density at radius 3 is 2.79 bits per heavy atom. The van der Waals surface area contributed by atoms with Crippen LogP contribution in [0.25, 0.3) is 0 Å². The van der Waals surface area contributed by atoms with Crippen molar-refractivity contribution < 1.29 is 9.94 Å². The smallest absolute Gasteiger partial charge is 0.173 e. The number of rotatable bonds is 3. The van der Waals surface area contributed by atoms with E-state index in [1.165, 1.54) is 0 Å². The van der Waals surface area contributed by atoms with Gasteiger partial charge in [0.15, 0.2) is 5.84 Å². The minimum absolute atomic E-state index is 0.00503. The topological polar surface area (TPSA) is 71.1 Å². The van der Waals surface area contributed by atoms with Crippen molar-refractivity contribution in [2.24, 2.45) is 10.9 Å². The van der Waals surface area contributed by atoms with Crippen molar-refractivity contribution in [3.63, 3.8) is 0 Å². The Kier molecular flexibility index (Phi) is 4.50. The van der Waals surface area contributed by atoms with Crippen LogP contribution in [0.15, 0.2) is 23.4 Å². The van der Waals surface area contributed by atoms with Gasteiger partial charge in [-0.05, 0) is 38.1 Å². The Bertz CT molecular complexity index is 471. The summed E-state index contributed by atoms with van der Waals surface area (Å²) in [5.41, 5.74) is 6.17. The molecule has 5 nitrogen and oxygen atoms in total. The lowest BCUT2D eigenvalue weighted by molar-refractivity contribution is 0.114. The van der Waals surface area contributed by atoms with Gasteiger partial charge >= 0.3 is 0 Å². The maximum Gasteiger partial charge on any atom is 0.173 e. The van der Waals surface area contributed by atoms with Crippen LogP contribution in [0.3, 0.4) is 0 Å². The number of nitrogens with zero attached hydrogens (tertiary/aromatic N) is 2. The number of benzene rings is 1. The van der Waals surface area contributed by atoms with E-state index in [2.05, 4.69) is 17.1 Å². The molecule has 1 saturated heterocycles. The molecule has 1 aromatic rings. The van der Waals surface area contributed by atoms with Gasteiger partial charge in [0.1, 0.15) is 11.9 Å². The fraction of sp³-hybridized carbons (Fsp3) is 0.462. The minimum atomic E-state index is 0.00503. The first kappa shape index (κ1) is 14.0. The van der Waals surface area contributed by atoms with E-state index >= 15 is 0 Å². The summed E-state index contributed by atoms with van der Waals surface area (Å²) in [6.45, 7) is 2.02. The van der Waals surface area contributed by atoms with Crippen LogP contribution in [0.5, 0.6) is 5.75 Å². The molecule has 1 aliphatic rings. The molecule has 0 spiro atoms. The predicted molar refractivity (Wildman–Crippen MR) is 75.1 cm³/mol. The van der Waals surface area contributed by atoms with Gasteiger partial charge in [0, 0.05) is 18.1 Å². The summed E-state index contributed by atoms with van der Waals surface area (Å²) in [7, 11) is 2.10. The highest BCUT2D eigenvalue weighted by atomic mass is 35.5. The number of piperidine rings is 1. The van der Waals surface area contributed by atoms with Gasteiger partial charge < -0.3 is 20.6 Å². The van der Waals surface area contributed by atoms with Gasteiger partial charge in [0.05, 0.1) is 5.56 Å². The minimum Gasteiger partial charge on any atom is -0.490 e. The van der Waals surface area contributed by atoms with Crippen molar-refractivity contribution in [2.45, 2.75) is 18.9 Å².